The highest BCUT2D eigenvalue weighted by molar-refractivity contribution is 5.60. The fourth-order valence-corrected chi connectivity index (χ4v) is 1.10. The first-order valence-electron chi connectivity index (χ1n) is 4.14. The van der Waals surface area contributed by atoms with E-state index in [-0.39, 0.29) is 6.54 Å². The topological polar surface area (TPSA) is 88.3 Å². The standard InChI is InChI=1S/C10H5N3O3/c14-5-11-4-8-3-9(12-6-15)1-2-10(8)13-7-16/h1-3H,4H2. The molecule has 0 amide bonds. The normalized spacial score (nSPS) is 8.25. The van der Waals surface area contributed by atoms with Gasteiger partial charge in [0.1, 0.15) is 0 Å². The van der Waals surface area contributed by atoms with Crippen molar-refractivity contribution < 1.29 is 14.4 Å². The molecule has 0 N–H and O–H groups in total. The van der Waals surface area contributed by atoms with Crippen LogP contribution >= 0.6 is 0 Å². The van der Waals surface area contributed by atoms with E-state index in [0.717, 1.165) is 0 Å². The van der Waals surface area contributed by atoms with Crippen molar-refractivity contribution in [1.82, 2.24) is 0 Å². The lowest BCUT2D eigenvalue weighted by molar-refractivity contribution is 0.562. The van der Waals surface area contributed by atoms with E-state index in [1.54, 1.807) is 0 Å². The number of hydrogen-bond acceptors (Lipinski definition) is 6. The maximum Gasteiger partial charge on any atom is 0.240 e. The highest BCUT2D eigenvalue weighted by Gasteiger charge is 2.02. The van der Waals surface area contributed by atoms with Gasteiger partial charge in [-0.05, 0) is 18.2 Å². The first kappa shape index (κ1) is 11.4. The van der Waals surface area contributed by atoms with Crippen LogP contribution in [-0.4, -0.2) is 18.2 Å². The zero-order valence-corrected chi connectivity index (χ0v) is 8.01. The van der Waals surface area contributed by atoms with Gasteiger partial charge >= 0.3 is 0 Å². The number of isocyanates is 3. The average molecular weight is 215 g/mol. The van der Waals surface area contributed by atoms with E-state index in [1.807, 2.05) is 0 Å². The Labute approximate surface area is 90.1 Å². The van der Waals surface area contributed by atoms with Crippen molar-refractivity contribution in [3.05, 3.63) is 23.8 Å². The Bertz CT molecular complexity index is 534. The monoisotopic (exact) mass is 215 g/mol. The lowest BCUT2D eigenvalue weighted by Gasteiger charge is -2.00. The third-order valence-corrected chi connectivity index (χ3v) is 1.72. The van der Waals surface area contributed by atoms with E-state index < -0.39 is 0 Å². The van der Waals surface area contributed by atoms with Gasteiger partial charge in [0.25, 0.3) is 0 Å². The molecule has 78 valence electrons. The predicted molar refractivity (Wildman–Crippen MR) is 53.8 cm³/mol. The van der Waals surface area contributed by atoms with Crippen LogP contribution in [0.15, 0.2) is 33.2 Å². The van der Waals surface area contributed by atoms with Crippen LogP contribution in [0.3, 0.4) is 0 Å². The van der Waals surface area contributed by atoms with Crippen molar-refractivity contribution in [2.24, 2.45) is 15.0 Å². The second-order valence-corrected chi connectivity index (χ2v) is 2.63. The van der Waals surface area contributed by atoms with Gasteiger partial charge in [0.05, 0.1) is 17.9 Å². The highest BCUT2D eigenvalue weighted by Crippen LogP contribution is 2.24. The van der Waals surface area contributed by atoms with E-state index >= 15 is 0 Å². The van der Waals surface area contributed by atoms with E-state index in [1.165, 1.54) is 36.4 Å². The van der Waals surface area contributed by atoms with Gasteiger partial charge in [0.2, 0.25) is 18.2 Å². The molecule has 0 aliphatic rings. The van der Waals surface area contributed by atoms with Crippen LogP contribution in [0.25, 0.3) is 0 Å². The molecule has 1 rings (SSSR count). The fraction of sp³-hybridized carbons (Fsp3) is 0.100. The molecule has 1 aromatic rings. The molecule has 0 aliphatic carbocycles. The number of carbonyl (C=O) groups excluding carboxylic acids is 3. The van der Waals surface area contributed by atoms with E-state index in [9.17, 15) is 14.4 Å². The van der Waals surface area contributed by atoms with Crippen LogP contribution < -0.4 is 0 Å². The maximum absolute atomic E-state index is 10.1. The molecule has 16 heavy (non-hydrogen) atoms. The number of nitrogens with zero attached hydrogens (tertiary/aromatic N) is 3. The predicted octanol–water partition coefficient (Wildman–Crippen LogP) is 1.46. The van der Waals surface area contributed by atoms with Crippen LogP contribution in [0.1, 0.15) is 5.56 Å². The molecular weight excluding hydrogens is 210 g/mol. The van der Waals surface area contributed by atoms with Gasteiger partial charge in [-0.15, -0.1) is 0 Å². The van der Waals surface area contributed by atoms with Crippen molar-refractivity contribution in [3.8, 4) is 0 Å². The van der Waals surface area contributed by atoms with Crippen molar-refractivity contribution in [3.63, 3.8) is 0 Å². The summed E-state index contributed by atoms with van der Waals surface area (Å²) >= 11 is 0. The molecule has 6 heteroatoms. The van der Waals surface area contributed by atoms with Crippen LogP contribution in [0.5, 0.6) is 0 Å². The average Bonchev–Trinajstić information content (AvgIpc) is 2.30. The van der Waals surface area contributed by atoms with Gasteiger partial charge in [-0.25, -0.2) is 19.4 Å². The Morgan fingerprint density at radius 2 is 1.75 bits per heavy atom. The van der Waals surface area contributed by atoms with Gasteiger partial charge in [0, 0.05) is 5.56 Å². The van der Waals surface area contributed by atoms with Crippen LogP contribution in [0, 0.1) is 0 Å². The first-order valence-corrected chi connectivity index (χ1v) is 4.14. The molecule has 1 aromatic carbocycles. The summed E-state index contributed by atoms with van der Waals surface area (Å²) in [4.78, 5) is 40.3. The van der Waals surface area contributed by atoms with Crippen LogP contribution in [-0.2, 0) is 20.9 Å². The smallest absolute Gasteiger partial charge is 0.211 e. The zero-order valence-electron chi connectivity index (χ0n) is 8.01. The fourth-order valence-electron chi connectivity index (χ4n) is 1.10. The highest BCUT2D eigenvalue weighted by atomic mass is 16.1. The Morgan fingerprint density at radius 3 is 2.38 bits per heavy atom. The Kier molecular flexibility index (Phi) is 4.26. The lowest BCUT2D eigenvalue weighted by atomic mass is 10.1. The summed E-state index contributed by atoms with van der Waals surface area (Å²) in [5, 5.41) is 0. The van der Waals surface area contributed by atoms with Gasteiger partial charge in [-0.3, -0.25) is 0 Å². The minimum atomic E-state index is 0.00618. The summed E-state index contributed by atoms with van der Waals surface area (Å²) < 4.78 is 0. The maximum atomic E-state index is 10.1. The number of rotatable bonds is 4. The molecule has 0 aliphatic heterocycles. The minimum absolute atomic E-state index is 0.00618. The quantitative estimate of drug-likeness (QED) is 0.562. The molecule has 0 atom stereocenters. The number of benzene rings is 1. The van der Waals surface area contributed by atoms with Crippen molar-refractivity contribution in [2.75, 3.05) is 0 Å². The molecule has 0 saturated carbocycles. The van der Waals surface area contributed by atoms with E-state index in [2.05, 4.69) is 15.0 Å². The molecule has 0 heterocycles. The minimum Gasteiger partial charge on any atom is -0.211 e. The third kappa shape index (κ3) is 2.94. The number of aliphatic imine (C=N–C) groups is 3. The van der Waals surface area contributed by atoms with E-state index in [0.29, 0.717) is 16.9 Å². The third-order valence-electron chi connectivity index (χ3n) is 1.72. The molecule has 0 spiro atoms. The second kappa shape index (κ2) is 5.96. The first-order chi connectivity index (χ1) is 7.81. The van der Waals surface area contributed by atoms with Gasteiger partial charge in [0.15, 0.2) is 0 Å². The van der Waals surface area contributed by atoms with Crippen molar-refractivity contribution >= 4 is 29.6 Å². The molecule has 0 fully saturated rings. The SMILES string of the molecule is O=C=NCc1cc(N=C=O)ccc1N=C=O. The molecule has 0 unspecified atom stereocenters. The Balaban J connectivity index is 3.24. The number of hydrogen-bond donors (Lipinski definition) is 0. The largest absolute Gasteiger partial charge is 0.240 e. The summed E-state index contributed by atoms with van der Waals surface area (Å²) in [7, 11) is 0. The van der Waals surface area contributed by atoms with Crippen LogP contribution in [0.2, 0.25) is 0 Å². The molecule has 0 saturated heterocycles. The summed E-state index contributed by atoms with van der Waals surface area (Å²) in [5.41, 5.74) is 1.14. The van der Waals surface area contributed by atoms with E-state index in [4.69, 9.17) is 0 Å². The second-order valence-electron chi connectivity index (χ2n) is 2.63. The lowest BCUT2D eigenvalue weighted by Crippen LogP contribution is -1.82. The Morgan fingerprint density at radius 1 is 1.00 bits per heavy atom. The van der Waals surface area contributed by atoms with Crippen molar-refractivity contribution in [1.29, 1.82) is 0 Å². The molecule has 0 radical (unpaired) electrons. The summed E-state index contributed by atoms with van der Waals surface area (Å²) in [6.07, 6.45) is 4.12. The van der Waals surface area contributed by atoms with Crippen LogP contribution in [0.4, 0.5) is 11.4 Å². The Hall–Kier alpha value is -2.64. The van der Waals surface area contributed by atoms with Gasteiger partial charge in [-0.2, -0.15) is 9.98 Å². The van der Waals surface area contributed by atoms with Gasteiger partial charge in [-0.1, -0.05) is 0 Å². The summed E-state index contributed by atoms with van der Waals surface area (Å²) in [6, 6.07) is 4.42. The van der Waals surface area contributed by atoms with Gasteiger partial charge < -0.3 is 0 Å². The molecule has 6 nitrogen and oxygen atoms in total. The molecular formula is C10H5N3O3. The summed E-state index contributed by atoms with van der Waals surface area (Å²) in [6.45, 7) is 0.00618. The molecule has 0 aromatic heterocycles. The molecule has 0 bridgehead atoms. The summed E-state index contributed by atoms with van der Waals surface area (Å²) in [5.74, 6) is 0. The zero-order chi connectivity index (χ0) is 11.8. The van der Waals surface area contributed by atoms with Crippen molar-refractivity contribution in [2.45, 2.75) is 6.54 Å².